The van der Waals surface area contributed by atoms with E-state index < -0.39 is 5.66 Å². The lowest BCUT2D eigenvalue weighted by molar-refractivity contribution is 0.309. The zero-order chi connectivity index (χ0) is 15.5. The number of ether oxygens (including phenoxy) is 1. The molecule has 0 aliphatic carbocycles. The summed E-state index contributed by atoms with van der Waals surface area (Å²) in [4.78, 5) is 10.2. The maximum atomic E-state index is 6.00. The molecule has 0 aromatic heterocycles. The van der Waals surface area contributed by atoms with Crippen LogP contribution in [-0.2, 0) is 0 Å². The molecule has 7 heteroatoms. The molecule has 0 radical (unpaired) electrons. The van der Waals surface area contributed by atoms with Crippen molar-refractivity contribution in [3.63, 3.8) is 0 Å². The van der Waals surface area contributed by atoms with Crippen molar-refractivity contribution < 1.29 is 4.74 Å². The molecule has 0 saturated heterocycles. The second kappa shape index (κ2) is 7.35. The Balaban J connectivity index is 0.00000242. The summed E-state index contributed by atoms with van der Waals surface area (Å²) in [5.74, 6) is 1.39. The van der Waals surface area contributed by atoms with Gasteiger partial charge < -0.3 is 16.2 Å². The second-order valence-electron chi connectivity index (χ2n) is 5.47. The topological polar surface area (TPSA) is 89.2 Å². The molecule has 22 heavy (non-hydrogen) atoms. The van der Waals surface area contributed by atoms with Crippen LogP contribution in [0, 0.1) is 0 Å². The van der Waals surface area contributed by atoms with Gasteiger partial charge in [-0.1, -0.05) is 13.3 Å². The van der Waals surface area contributed by atoms with Crippen molar-refractivity contribution in [2.75, 3.05) is 11.5 Å². The normalized spacial score (nSPS) is 16.4. The number of nitrogens with two attached hydrogens (primary N) is 2. The van der Waals surface area contributed by atoms with E-state index in [1.54, 1.807) is 0 Å². The molecule has 122 valence electrons. The summed E-state index contributed by atoms with van der Waals surface area (Å²) >= 11 is 0. The number of guanidine groups is 2. The quantitative estimate of drug-likeness (QED) is 0.814. The van der Waals surface area contributed by atoms with Gasteiger partial charge in [-0.3, -0.25) is 4.90 Å². The van der Waals surface area contributed by atoms with Gasteiger partial charge in [0.15, 0.2) is 0 Å². The molecule has 0 saturated carbocycles. The largest absolute Gasteiger partial charge is 0.494 e. The molecule has 0 bridgehead atoms. The van der Waals surface area contributed by atoms with E-state index >= 15 is 0 Å². The molecule has 1 aromatic rings. The Labute approximate surface area is 137 Å². The molecule has 2 rings (SSSR count). The van der Waals surface area contributed by atoms with Gasteiger partial charge >= 0.3 is 0 Å². The minimum atomic E-state index is -0.569. The van der Waals surface area contributed by atoms with E-state index in [9.17, 15) is 0 Å². The zero-order valence-corrected chi connectivity index (χ0v) is 14.1. The number of rotatable bonds is 5. The third kappa shape index (κ3) is 4.04. The third-order valence-corrected chi connectivity index (χ3v) is 3.26. The van der Waals surface area contributed by atoms with Crippen LogP contribution in [0.2, 0.25) is 0 Å². The number of nitrogens with zero attached hydrogens (tertiary/aromatic N) is 3. The fraction of sp³-hybridized carbons (Fsp3) is 0.467. The summed E-state index contributed by atoms with van der Waals surface area (Å²) in [6.45, 7) is 6.74. The van der Waals surface area contributed by atoms with Gasteiger partial charge in [0.25, 0.3) is 0 Å². The summed E-state index contributed by atoms with van der Waals surface area (Å²) in [5, 5.41) is 0. The molecule has 0 unspecified atom stereocenters. The molecule has 0 fully saturated rings. The predicted octanol–water partition coefficient (Wildman–Crippen LogP) is 2.47. The standard InChI is InChI=1S/C15H23N5O.ClH/c1-4-5-10-21-12-8-6-11(7-9-12)20-14(17)18-13(16)19-15(20,2)3;/h6-9H,4-5,10H2,1-3H3,(H4,16,17,18,19);1H. The van der Waals surface area contributed by atoms with Gasteiger partial charge in [0.2, 0.25) is 11.9 Å². The van der Waals surface area contributed by atoms with Crippen molar-refractivity contribution in [3.8, 4) is 5.75 Å². The van der Waals surface area contributed by atoms with E-state index in [1.807, 2.05) is 43.0 Å². The first kappa shape index (κ1) is 18.1. The van der Waals surface area contributed by atoms with E-state index in [0.717, 1.165) is 30.9 Å². The van der Waals surface area contributed by atoms with Gasteiger partial charge in [0, 0.05) is 5.69 Å². The highest BCUT2D eigenvalue weighted by Gasteiger charge is 2.32. The van der Waals surface area contributed by atoms with Gasteiger partial charge in [-0.2, -0.15) is 4.99 Å². The molecule has 0 amide bonds. The number of hydrogen-bond donors (Lipinski definition) is 2. The molecule has 4 N–H and O–H groups in total. The number of benzene rings is 1. The molecular weight excluding hydrogens is 302 g/mol. The molecule has 0 spiro atoms. The first-order valence-corrected chi connectivity index (χ1v) is 7.16. The lowest BCUT2D eigenvalue weighted by Crippen LogP contribution is -2.54. The first-order chi connectivity index (χ1) is 9.94. The van der Waals surface area contributed by atoms with Crippen LogP contribution >= 0.6 is 12.4 Å². The van der Waals surface area contributed by atoms with Crippen LogP contribution in [0.25, 0.3) is 0 Å². The van der Waals surface area contributed by atoms with E-state index in [2.05, 4.69) is 16.9 Å². The summed E-state index contributed by atoms with van der Waals surface area (Å²) in [6, 6.07) is 7.75. The maximum Gasteiger partial charge on any atom is 0.220 e. The average Bonchev–Trinajstić information content (AvgIpc) is 2.38. The van der Waals surface area contributed by atoms with E-state index in [0.29, 0.717) is 5.96 Å². The fourth-order valence-corrected chi connectivity index (χ4v) is 2.28. The Morgan fingerprint density at radius 3 is 2.36 bits per heavy atom. The van der Waals surface area contributed by atoms with Crippen LogP contribution in [0.3, 0.4) is 0 Å². The number of anilines is 1. The third-order valence-electron chi connectivity index (χ3n) is 3.26. The van der Waals surface area contributed by atoms with Crippen LogP contribution in [0.15, 0.2) is 34.3 Å². The first-order valence-electron chi connectivity index (χ1n) is 7.16. The van der Waals surface area contributed by atoms with Crippen molar-refractivity contribution in [2.45, 2.75) is 39.3 Å². The zero-order valence-electron chi connectivity index (χ0n) is 13.2. The minimum Gasteiger partial charge on any atom is -0.494 e. The fourth-order valence-electron chi connectivity index (χ4n) is 2.28. The Bertz CT molecular complexity index is 554. The van der Waals surface area contributed by atoms with Crippen molar-refractivity contribution in [2.24, 2.45) is 21.5 Å². The molecule has 1 aliphatic rings. The average molecular weight is 326 g/mol. The van der Waals surface area contributed by atoms with Gasteiger partial charge in [0.05, 0.1) is 6.61 Å². The van der Waals surface area contributed by atoms with Crippen molar-refractivity contribution in [1.82, 2.24) is 0 Å². The summed E-state index contributed by atoms with van der Waals surface area (Å²) in [6.07, 6.45) is 2.17. The van der Waals surface area contributed by atoms with E-state index in [1.165, 1.54) is 0 Å². The predicted molar refractivity (Wildman–Crippen MR) is 93.9 cm³/mol. The molecule has 1 heterocycles. The number of hydrogen-bond acceptors (Lipinski definition) is 6. The van der Waals surface area contributed by atoms with Crippen molar-refractivity contribution >= 4 is 30.0 Å². The lowest BCUT2D eigenvalue weighted by Gasteiger charge is -2.38. The Morgan fingerprint density at radius 1 is 1.18 bits per heavy atom. The van der Waals surface area contributed by atoms with Gasteiger partial charge in [-0.25, -0.2) is 4.99 Å². The van der Waals surface area contributed by atoms with Crippen LogP contribution < -0.4 is 21.1 Å². The highest BCUT2D eigenvalue weighted by molar-refractivity contribution is 6.05. The SMILES string of the molecule is CCCCOc1ccc(N2C(N)=NC(N)=NC2(C)C)cc1.Cl. The van der Waals surface area contributed by atoms with Crippen molar-refractivity contribution in [1.29, 1.82) is 0 Å². The lowest BCUT2D eigenvalue weighted by atomic mass is 10.1. The van der Waals surface area contributed by atoms with Crippen molar-refractivity contribution in [3.05, 3.63) is 24.3 Å². The van der Waals surface area contributed by atoms with Crippen LogP contribution in [-0.4, -0.2) is 24.2 Å². The second-order valence-corrected chi connectivity index (χ2v) is 5.47. The van der Waals surface area contributed by atoms with E-state index in [-0.39, 0.29) is 18.4 Å². The van der Waals surface area contributed by atoms with Gasteiger partial charge in [-0.15, -0.1) is 12.4 Å². The number of aliphatic imine (C=N–C) groups is 2. The molecule has 1 aliphatic heterocycles. The highest BCUT2D eigenvalue weighted by Crippen LogP contribution is 2.28. The Morgan fingerprint density at radius 2 is 1.82 bits per heavy atom. The molecular formula is C15H24ClN5O. The minimum absolute atomic E-state index is 0. The smallest absolute Gasteiger partial charge is 0.220 e. The maximum absolute atomic E-state index is 6.00. The Hall–Kier alpha value is -1.95. The number of halogens is 1. The molecule has 0 atom stereocenters. The van der Waals surface area contributed by atoms with E-state index in [4.69, 9.17) is 16.2 Å². The number of unbranched alkanes of at least 4 members (excludes halogenated alkanes) is 1. The molecule has 1 aromatic carbocycles. The summed E-state index contributed by atoms with van der Waals surface area (Å²) < 4.78 is 5.66. The van der Waals surface area contributed by atoms with Gasteiger partial charge in [-0.05, 0) is 44.5 Å². The summed E-state index contributed by atoms with van der Waals surface area (Å²) in [5.41, 5.74) is 12.0. The Kier molecular flexibility index (Phi) is 6.05. The molecule has 6 nitrogen and oxygen atoms in total. The summed E-state index contributed by atoms with van der Waals surface area (Å²) in [7, 11) is 0. The highest BCUT2D eigenvalue weighted by atomic mass is 35.5. The van der Waals surface area contributed by atoms with Crippen LogP contribution in [0.5, 0.6) is 5.75 Å². The van der Waals surface area contributed by atoms with Gasteiger partial charge in [0.1, 0.15) is 11.4 Å². The van der Waals surface area contributed by atoms with Crippen LogP contribution in [0.1, 0.15) is 33.6 Å². The van der Waals surface area contributed by atoms with Crippen LogP contribution in [0.4, 0.5) is 5.69 Å². The monoisotopic (exact) mass is 325 g/mol.